The lowest BCUT2D eigenvalue weighted by molar-refractivity contribution is -0.127. The topological polar surface area (TPSA) is 55.7 Å². The summed E-state index contributed by atoms with van der Waals surface area (Å²) in [5, 5.41) is 3.85. The van der Waals surface area contributed by atoms with E-state index < -0.39 is 5.92 Å². The first-order valence-electron chi connectivity index (χ1n) is 6.46. The maximum atomic E-state index is 12.2. The molecular formula is C14H21NO3S. The van der Waals surface area contributed by atoms with Crippen molar-refractivity contribution < 1.29 is 14.4 Å². The first-order valence-corrected chi connectivity index (χ1v) is 7.28. The molecular weight excluding hydrogens is 262 g/mol. The molecule has 4 nitrogen and oxygen atoms in total. The second-order valence-electron chi connectivity index (χ2n) is 5.17. The number of hydrogen-bond acceptors (Lipinski definition) is 5. The van der Waals surface area contributed by atoms with Gasteiger partial charge in [0.25, 0.3) is 0 Å². The van der Waals surface area contributed by atoms with Gasteiger partial charge in [0.2, 0.25) is 5.12 Å². The van der Waals surface area contributed by atoms with Crippen LogP contribution in [0.25, 0.3) is 0 Å². The number of carbonyl (C=O) groups is 2. The van der Waals surface area contributed by atoms with Gasteiger partial charge in [-0.05, 0) is 20.3 Å². The van der Waals surface area contributed by atoms with E-state index in [2.05, 4.69) is 11.7 Å². The number of oxime groups is 1. The molecule has 106 valence electrons. The standard InChI is InChI=1S/C14H21NO3S/c1-5-7-10(15-18-8-6-2)12-11(16)9-14(3,4)19-13(12)17/h6,12H,2,5,7-9H2,1,3-4H3. The molecule has 0 radical (unpaired) electrons. The van der Waals surface area contributed by atoms with Crippen molar-refractivity contribution in [2.75, 3.05) is 6.61 Å². The Labute approximate surface area is 118 Å². The highest BCUT2D eigenvalue weighted by molar-refractivity contribution is 8.15. The predicted octanol–water partition coefficient (Wildman–Crippen LogP) is 2.97. The highest BCUT2D eigenvalue weighted by Crippen LogP contribution is 2.38. The van der Waals surface area contributed by atoms with Gasteiger partial charge in [0.1, 0.15) is 12.5 Å². The Morgan fingerprint density at radius 3 is 2.79 bits per heavy atom. The van der Waals surface area contributed by atoms with E-state index in [0.717, 1.165) is 6.42 Å². The summed E-state index contributed by atoms with van der Waals surface area (Å²) in [6, 6.07) is 0. The molecule has 1 unspecified atom stereocenters. The molecule has 0 bridgehead atoms. The van der Waals surface area contributed by atoms with Gasteiger partial charge in [-0.15, -0.1) is 0 Å². The smallest absolute Gasteiger partial charge is 0.205 e. The van der Waals surface area contributed by atoms with Crippen molar-refractivity contribution in [3.8, 4) is 0 Å². The summed E-state index contributed by atoms with van der Waals surface area (Å²) >= 11 is 1.23. The number of hydrogen-bond donors (Lipinski definition) is 0. The molecule has 0 N–H and O–H groups in total. The van der Waals surface area contributed by atoms with E-state index in [0.29, 0.717) is 18.6 Å². The van der Waals surface area contributed by atoms with Crippen LogP contribution in [0, 0.1) is 5.92 Å². The molecule has 0 aromatic rings. The summed E-state index contributed by atoms with van der Waals surface area (Å²) < 4.78 is -0.316. The molecule has 0 saturated carbocycles. The number of nitrogens with zero attached hydrogens (tertiary/aromatic N) is 1. The summed E-state index contributed by atoms with van der Waals surface area (Å²) in [5.74, 6) is -0.786. The van der Waals surface area contributed by atoms with Gasteiger partial charge in [0, 0.05) is 11.2 Å². The van der Waals surface area contributed by atoms with E-state index in [1.54, 1.807) is 6.08 Å². The van der Waals surface area contributed by atoms with E-state index in [-0.39, 0.29) is 22.3 Å². The lowest BCUT2D eigenvalue weighted by atomic mass is 9.90. The number of ketones is 1. The van der Waals surface area contributed by atoms with Crippen molar-refractivity contribution in [1.29, 1.82) is 0 Å². The highest BCUT2D eigenvalue weighted by atomic mass is 32.2. The molecule has 0 aromatic heterocycles. The molecule has 0 aromatic carbocycles. The maximum absolute atomic E-state index is 12.2. The summed E-state index contributed by atoms with van der Waals surface area (Å²) in [4.78, 5) is 29.4. The van der Waals surface area contributed by atoms with Crippen LogP contribution < -0.4 is 0 Å². The third kappa shape index (κ3) is 4.49. The van der Waals surface area contributed by atoms with Gasteiger partial charge < -0.3 is 4.84 Å². The molecule has 1 atom stereocenters. The fourth-order valence-electron chi connectivity index (χ4n) is 2.01. The fourth-order valence-corrected chi connectivity index (χ4v) is 3.16. The lowest BCUT2D eigenvalue weighted by Gasteiger charge is -2.31. The summed E-state index contributed by atoms with van der Waals surface area (Å²) in [6.07, 6.45) is 3.38. The summed E-state index contributed by atoms with van der Waals surface area (Å²) in [7, 11) is 0. The van der Waals surface area contributed by atoms with E-state index in [1.807, 2.05) is 20.8 Å². The first kappa shape index (κ1) is 16.0. The van der Waals surface area contributed by atoms with Gasteiger partial charge in [-0.25, -0.2) is 0 Å². The van der Waals surface area contributed by atoms with Crippen LogP contribution in [0.2, 0.25) is 0 Å². The van der Waals surface area contributed by atoms with Gasteiger partial charge in [-0.2, -0.15) is 0 Å². The quantitative estimate of drug-likeness (QED) is 0.247. The van der Waals surface area contributed by atoms with Crippen molar-refractivity contribution in [2.24, 2.45) is 11.1 Å². The number of rotatable bonds is 6. The van der Waals surface area contributed by atoms with Crippen LogP contribution in [0.4, 0.5) is 0 Å². The molecule has 19 heavy (non-hydrogen) atoms. The number of Topliss-reactive ketones (excluding diaryl/α,β-unsaturated/α-hetero) is 1. The third-order valence-corrected chi connectivity index (χ3v) is 3.88. The zero-order valence-corrected chi connectivity index (χ0v) is 12.6. The van der Waals surface area contributed by atoms with Gasteiger partial charge in [-0.1, -0.05) is 42.9 Å². The van der Waals surface area contributed by atoms with E-state index in [1.165, 1.54) is 11.8 Å². The molecule has 1 saturated heterocycles. The molecule has 0 amide bonds. The van der Waals surface area contributed by atoms with Crippen LogP contribution in [0.1, 0.15) is 40.0 Å². The minimum absolute atomic E-state index is 0.0526. The Balaban J connectivity index is 2.89. The van der Waals surface area contributed by atoms with E-state index in [4.69, 9.17) is 4.84 Å². The second kappa shape index (κ2) is 6.89. The Hall–Kier alpha value is -1.10. The largest absolute Gasteiger partial charge is 0.392 e. The average molecular weight is 283 g/mol. The highest BCUT2D eigenvalue weighted by Gasteiger charge is 2.43. The predicted molar refractivity (Wildman–Crippen MR) is 78.3 cm³/mol. The van der Waals surface area contributed by atoms with Crippen molar-refractivity contribution in [3.05, 3.63) is 12.7 Å². The van der Waals surface area contributed by atoms with E-state index >= 15 is 0 Å². The van der Waals surface area contributed by atoms with Gasteiger partial charge in [-0.3, -0.25) is 9.59 Å². The summed E-state index contributed by atoms with van der Waals surface area (Å²) in [5.41, 5.74) is 0.544. The van der Waals surface area contributed by atoms with Gasteiger partial charge in [0.05, 0.1) is 5.71 Å². The Kier molecular flexibility index (Phi) is 5.79. The normalized spacial score (nSPS) is 23.3. The maximum Gasteiger partial charge on any atom is 0.205 e. The lowest BCUT2D eigenvalue weighted by Crippen LogP contribution is -2.41. The minimum atomic E-state index is -0.734. The first-order chi connectivity index (χ1) is 8.91. The van der Waals surface area contributed by atoms with Crippen LogP contribution in [0.5, 0.6) is 0 Å². The van der Waals surface area contributed by atoms with Crippen LogP contribution in [-0.4, -0.2) is 28.0 Å². The fraction of sp³-hybridized carbons (Fsp3) is 0.643. The molecule has 1 aliphatic rings. The van der Waals surface area contributed by atoms with Crippen LogP contribution in [-0.2, 0) is 14.4 Å². The van der Waals surface area contributed by atoms with Crippen molar-refractivity contribution in [3.63, 3.8) is 0 Å². The van der Waals surface area contributed by atoms with Crippen molar-refractivity contribution in [1.82, 2.24) is 0 Å². The Morgan fingerprint density at radius 1 is 1.58 bits per heavy atom. The average Bonchev–Trinajstić information content (AvgIpc) is 2.26. The molecule has 1 rings (SSSR count). The molecule has 1 heterocycles. The minimum Gasteiger partial charge on any atom is -0.392 e. The SMILES string of the molecule is C=CCON=C(CCC)C1C(=O)CC(C)(C)SC1=O. The zero-order valence-electron chi connectivity index (χ0n) is 11.8. The second-order valence-corrected chi connectivity index (χ2v) is 6.89. The molecule has 5 heteroatoms. The third-order valence-electron chi connectivity index (χ3n) is 2.75. The van der Waals surface area contributed by atoms with Crippen molar-refractivity contribution >= 4 is 28.4 Å². The van der Waals surface area contributed by atoms with Crippen molar-refractivity contribution in [2.45, 2.75) is 44.8 Å². The monoisotopic (exact) mass is 283 g/mol. The Bertz CT molecular complexity index is 381. The van der Waals surface area contributed by atoms with E-state index in [9.17, 15) is 9.59 Å². The molecule has 1 fully saturated rings. The van der Waals surface area contributed by atoms with Crippen LogP contribution in [0.15, 0.2) is 17.8 Å². The Morgan fingerprint density at radius 2 is 2.26 bits per heavy atom. The molecule has 1 aliphatic heterocycles. The zero-order chi connectivity index (χ0) is 14.5. The van der Waals surface area contributed by atoms with Gasteiger partial charge in [0.15, 0.2) is 5.78 Å². The van der Waals surface area contributed by atoms with Crippen LogP contribution >= 0.6 is 11.8 Å². The molecule has 0 spiro atoms. The van der Waals surface area contributed by atoms with Gasteiger partial charge >= 0.3 is 0 Å². The summed E-state index contributed by atoms with van der Waals surface area (Å²) in [6.45, 7) is 9.62. The molecule has 0 aliphatic carbocycles. The number of carbonyl (C=O) groups excluding carboxylic acids is 2. The van der Waals surface area contributed by atoms with Crippen LogP contribution in [0.3, 0.4) is 0 Å². The number of thioether (sulfide) groups is 1.